The van der Waals surface area contributed by atoms with Gasteiger partial charge in [0.15, 0.2) is 8.32 Å². The molecule has 1 fully saturated rings. The van der Waals surface area contributed by atoms with Crippen LogP contribution >= 0.6 is 11.6 Å². The minimum atomic E-state index is -1.91. The Kier molecular flexibility index (Phi) is 6.75. The summed E-state index contributed by atoms with van der Waals surface area (Å²) in [5.41, 5.74) is 2.15. The first-order chi connectivity index (χ1) is 12.5. The van der Waals surface area contributed by atoms with Gasteiger partial charge in [0, 0.05) is 6.54 Å². The van der Waals surface area contributed by atoms with Gasteiger partial charge >= 0.3 is 0 Å². The van der Waals surface area contributed by atoms with Gasteiger partial charge in [-0.25, -0.2) is 0 Å². The molecule has 0 aromatic heterocycles. The summed E-state index contributed by atoms with van der Waals surface area (Å²) in [6, 6.07) is 5.48. The van der Waals surface area contributed by atoms with Crippen LogP contribution in [-0.2, 0) is 4.43 Å². The van der Waals surface area contributed by atoms with Crippen LogP contribution in [0.3, 0.4) is 0 Å². The van der Waals surface area contributed by atoms with Crippen LogP contribution in [0.4, 0.5) is 0 Å². The summed E-state index contributed by atoms with van der Waals surface area (Å²) in [6.07, 6.45) is 2.58. The van der Waals surface area contributed by atoms with Gasteiger partial charge in [0.25, 0.3) is 0 Å². The first kappa shape index (κ1) is 21.9. The van der Waals surface area contributed by atoms with Gasteiger partial charge in [-0.05, 0) is 48.7 Å². The SMILES string of the molecule is Cc1c(C=NN2CC[C@H](O[Si](C)(C)C(C)(C)C)[C@H]2CO)ccc(C#N)c1Cl. The lowest BCUT2D eigenvalue weighted by molar-refractivity contribution is 0.0791. The van der Waals surface area contributed by atoms with Gasteiger partial charge in [-0.3, -0.25) is 5.01 Å². The number of rotatable bonds is 5. The highest BCUT2D eigenvalue weighted by Crippen LogP contribution is 2.39. The van der Waals surface area contributed by atoms with E-state index in [0.29, 0.717) is 10.6 Å². The van der Waals surface area contributed by atoms with E-state index in [-0.39, 0.29) is 23.8 Å². The Labute approximate surface area is 168 Å². The third-order valence-corrected chi connectivity index (χ3v) is 10.8. The molecule has 148 valence electrons. The van der Waals surface area contributed by atoms with Crippen LogP contribution in [0.1, 0.15) is 43.9 Å². The standard InChI is InChI=1S/C20H30ClN3O2Si/c1-14-16(8-7-15(11-22)19(14)21)12-23-24-10-9-18(17(24)13-25)26-27(5,6)20(2,3)4/h7-8,12,17-18,25H,9-10,13H2,1-6H3/t17-,18+/m1/s1. The number of aliphatic hydroxyl groups excluding tert-OH is 1. The Morgan fingerprint density at radius 3 is 2.67 bits per heavy atom. The van der Waals surface area contributed by atoms with E-state index < -0.39 is 8.32 Å². The van der Waals surface area contributed by atoms with Gasteiger partial charge < -0.3 is 9.53 Å². The third-order valence-electron chi connectivity index (χ3n) is 5.79. The van der Waals surface area contributed by atoms with Crippen LogP contribution in [0.15, 0.2) is 17.2 Å². The van der Waals surface area contributed by atoms with Gasteiger partial charge in [-0.1, -0.05) is 38.4 Å². The normalized spacial score (nSPS) is 21.1. The predicted molar refractivity (Wildman–Crippen MR) is 113 cm³/mol. The lowest BCUT2D eigenvalue weighted by Crippen LogP contribution is -2.48. The van der Waals surface area contributed by atoms with Crippen LogP contribution in [-0.4, -0.2) is 49.9 Å². The summed E-state index contributed by atoms with van der Waals surface area (Å²) in [5.74, 6) is 0. The van der Waals surface area contributed by atoms with Crippen molar-refractivity contribution in [1.82, 2.24) is 5.01 Å². The Bertz CT molecular complexity index is 753. The average Bonchev–Trinajstić information content (AvgIpc) is 2.96. The van der Waals surface area contributed by atoms with Crippen molar-refractivity contribution in [2.24, 2.45) is 5.10 Å². The van der Waals surface area contributed by atoms with Crippen molar-refractivity contribution in [3.05, 3.63) is 33.8 Å². The number of aliphatic hydroxyl groups is 1. The van der Waals surface area contributed by atoms with Gasteiger partial charge in [-0.15, -0.1) is 0 Å². The first-order valence-corrected chi connectivity index (χ1v) is 12.6. The Morgan fingerprint density at radius 1 is 1.44 bits per heavy atom. The molecule has 2 atom stereocenters. The molecule has 27 heavy (non-hydrogen) atoms. The summed E-state index contributed by atoms with van der Waals surface area (Å²) in [6.45, 7) is 13.7. The molecule has 1 heterocycles. The van der Waals surface area contributed by atoms with Crippen molar-refractivity contribution in [3.8, 4) is 6.07 Å². The van der Waals surface area contributed by atoms with Crippen molar-refractivity contribution < 1.29 is 9.53 Å². The molecule has 0 aliphatic carbocycles. The fourth-order valence-electron chi connectivity index (χ4n) is 2.92. The van der Waals surface area contributed by atoms with Crippen LogP contribution in [0, 0.1) is 18.3 Å². The largest absolute Gasteiger partial charge is 0.412 e. The maximum atomic E-state index is 9.93. The highest BCUT2D eigenvalue weighted by molar-refractivity contribution is 6.74. The second-order valence-corrected chi connectivity index (χ2v) is 13.8. The van der Waals surface area contributed by atoms with Gasteiger partial charge in [0.2, 0.25) is 0 Å². The van der Waals surface area contributed by atoms with Crippen molar-refractivity contribution in [1.29, 1.82) is 5.26 Å². The van der Waals surface area contributed by atoms with Crippen LogP contribution in [0.2, 0.25) is 23.2 Å². The molecular weight excluding hydrogens is 378 g/mol. The number of hydrogen-bond donors (Lipinski definition) is 1. The number of benzene rings is 1. The zero-order valence-electron chi connectivity index (χ0n) is 17.1. The van der Waals surface area contributed by atoms with E-state index in [1.54, 1.807) is 12.3 Å². The third kappa shape index (κ3) is 4.72. The van der Waals surface area contributed by atoms with E-state index in [1.807, 2.05) is 18.0 Å². The van der Waals surface area contributed by atoms with Crippen LogP contribution in [0.5, 0.6) is 0 Å². The molecule has 1 aromatic carbocycles. The number of halogens is 1. The molecular formula is C20H30ClN3O2Si. The summed E-state index contributed by atoms with van der Waals surface area (Å²) in [5, 5.41) is 26.1. The zero-order valence-corrected chi connectivity index (χ0v) is 18.8. The van der Waals surface area contributed by atoms with E-state index in [2.05, 4.69) is 45.0 Å². The summed E-state index contributed by atoms with van der Waals surface area (Å²) < 4.78 is 6.53. The smallest absolute Gasteiger partial charge is 0.192 e. The van der Waals surface area contributed by atoms with Gasteiger partial charge in [0.1, 0.15) is 6.07 Å². The Balaban J connectivity index is 2.16. The molecule has 1 saturated heterocycles. The van der Waals surface area contributed by atoms with Crippen LogP contribution in [0.25, 0.3) is 0 Å². The Hall–Kier alpha value is -1.39. The molecule has 1 aliphatic heterocycles. The molecule has 1 aliphatic rings. The van der Waals surface area contributed by atoms with Gasteiger partial charge in [-0.2, -0.15) is 10.4 Å². The molecule has 0 radical (unpaired) electrons. The van der Waals surface area contributed by atoms with Crippen molar-refractivity contribution in [2.45, 2.75) is 64.4 Å². The summed E-state index contributed by atoms with van der Waals surface area (Å²) in [7, 11) is -1.91. The maximum Gasteiger partial charge on any atom is 0.192 e. The van der Waals surface area contributed by atoms with E-state index in [4.69, 9.17) is 21.3 Å². The monoisotopic (exact) mass is 407 g/mol. The number of hydrogen-bond acceptors (Lipinski definition) is 5. The van der Waals surface area contributed by atoms with E-state index >= 15 is 0 Å². The highest BCUT2D eigenvalue weighted by Gasteiger charge is 2.43. The molecule has 7 heteroatoms. The van der Waals surface area contributed by atoms with Gasteiger partial charge in [0.05, 0.1) is 35.6 Å². The zero-order chi connectivity index (χ0) is 20.4. The molecule has 0 spiro atoms. The second kappa shape index (κ2) is 8.32. The van der Waals surface area contributed by atoms with Crippen molar-refractivity contribution >= 4 is 26.1 Å². The lowest BCUT2D eigenvalue weighted by Gasteiger charge is -2.39. The topological polar surface area (TPSA) is 68.8 Å². The highest BCUT2D eigenvalue weighted by atomic mass is 35.5. The second-order valence-electron chi connectivity index (χ2n) is 8.62. The van der Waals surface area contributed by atoms with Crippen LogP contribution < -0.4 is 0 Å². The van der Waals surface area contributed by atoms with E-state index in [1.165, 1.54) is 0 Å². The first-order valence-electron chi connectivity index (χ1n) is 9.30. The molecule has 2 rings (SSSR count). The predicted octanol–water partition coefficient (Wildman–Crippen LogP) is 4.31. The Morgan fingerprint density at radius 2 is 2.11 bits per heavy atom. The molecule has 1 N–H and O–H groups in total. The van der Waals surface area contributed by atoms with Crippen molar-refractivity contribution in [3.63, 3.8) is 0 Å². The van der Waals surface area contributed by atoms with E-state index in [9.17, 15) is 5.11 Å². The fraction of sp³-hybridized carbons (Fsp3) is 0.600. The fourth-order valence-corrected chi connectivity index (χ4v) is 4.52. The number of hydrazone groups is 1. The molecule has 0 unspecified atom stereocenters. The summed E-state index contributed by atoms with van der Waals surface area (Å²) >= 11 is 6.24. The minimum Gasteiger partial charge on any atom is -0.412 e. The number of nitrogens with zero attached hydrogens (tertiary/aromatic N) is 3. The molecule has 0 bridgehead atoms. The number of nitriles is 1. The molecule has 5 nitrogen and oxygen atoms in total. The summed E-state index contributed by atoms with van der Waals surface area (Å²) in [4.78, 5) is 0. The molecule has 0 saturated carbocycles. The minimum absolute atomic E-state index is 0.00371. The maximum absolute atomic E-state index is 9.93. The average molecular weight is 408 g/mol. The van der Waals surface area contributed by atoms with Crippen molar-refractivity contribution in [2.75, 3.05) is 13.2 Å². The molecule has 0 amide bonds. The lowest BCUT2D eigenvalue weighted by atomic mass is 10.1. The molecule has 1 aromatic rings. The van der Waals surface area contributed by atoms with E-state index in [0.717, 1.165) is 24.1 Å². The quantitative estimate of drug-likeness (QED) is 0.583.